The third kappa shape index (κ3) is 5.06. The summed E-state index contributed by atoms with van der Waals surface area (Å²) >= 11 is 5.93. The monoisotopic (exact) mass is 389 g/mol. The normalized spacial score (nSPS) is 21.9. The van der Waals surface area contributed by atoms with Crippen molar-refractivity contribution in [3.05, 3.63) is 70.2 Å². The molecule has 1 saturated carbocycles. The van der Waals surface area contributed by atoms with Crippen LogP contribution in [0.4, 0.5) is 8.78 Å². The Morgan fingerprint density at radius 1 is 1.22 bits per heavy atom. The minimum Gasteiger partial charge on any atom is -0.378 e. The fourth-order valence-corrected chi connectivity index (χ4v) is 3.34. The predicted molar refractivity (Wildman–Crippen MR) is 99.4 cm³/mol. The van der Waals surface area contributed by atoms with Gasteiger partial charge in [0.05, 0.1) is 0 Å². The van der Waals surface area contributed by atoms with Crippen molar-refractivity contribution in [1.82, 2.24) is 5.32 Å². The maximum absolute atomic E-state index is 13.3. The number of amides is 1. The van der Waals surface area contributed by atoms with Gasteiger partial charge in [-0.3, -0.25) is 4.79 Å². The van der Waals surface area contributed by atoms with Gasteiger partial charge in [0, 0.05) is 28.6 Å². The van der Waals surface area contributed by atoms with Crippen molar-refractivity contribution in [2.24, 2.45) is 0 Å². The number of benzene rings is 2. The number of rotatable bonds is 2. The van der Waals surface area contributed by atoms with E-state index >= 15 is 0 Å². The molecule has 0 aliphatic heterocycles. The first-order valence-electron chi connectivity index (χ1n) is 8.62. The summed E-state index contributed by atoms with van der Waals surface area (Å²) in [6, 6.07) is 9.72. The Balaban J connectivity index is 1.68. The molecule has 0 spiro atoms. The van der Waals surface area contributed by atoms with Crippen molar-refractivity contribution in [3.8, 4) is 11.8 Å². The van der Waals surface area contributed by atoms with E-state index in [0.29, 0.717) is 29.8 Å². The molecule has 0 radical (unpaired) electrons. The Morgan fingerprint density at radius 3 is 2.78 bits per heavy atom. The summed E-state index contributed by atoms with van der Waals surface area (Å²) in [6.45, 7) is 0. The van der Waals surface area contributed by atoms with E-state index in [2.05, 4.69) is 17.2 Å². The van der Waals surface area contributed by atoms with E-state index in [0.717, 1.165) is 12.1 Å². The minimum absolute atomic E-state index is 0.0352. The van der Waals surface area contributed by atoms with Crippen LogP contribution in [0, 0.1) is 23.5 Å². The van der Waals surface area contributed by atoms with E-state index < -0.39 is 23.1 Å². The first-order chi connectivity index (χ1) is 12.8. The molecule has 0 heterocycles. The van der Waals surface area contributed by atoms with Gasteiger partial charge in [-0.2, -0.15) is 0 Å². The van der Waals surface area contributed by atoms with Crippen LogP contribution in [0.3, 0.4) is 0 Å². The fourth-order valence-electron chi connectivity index (χ4n) is 3.15. The number of halogens is 3. The lowest BCUT2D eigenvalue weighted by Crippen LogP contribution is -2.45. The molecule has 1 aliphatic carbocycles. The van der Waals surface area contributed by atoms with Gasteiger partial charge in [-0.15, -0.1) is 0 Å². The molecule has 2 aromatic carbocycles. The molecule has 0 saturated heterocycles. The van der Waals surface area contributed by atoms with E-state index in [1.807, 2.05) is 0 Å². The summed E-state index contributed by atoms with van der Waals surface area (Å²) in [5, 5.41) is 14.1. The van der Waals surface area contributed by atoms with Gasteiger partial charge in [0.1, 0.15) is 5.60 Å². The molecule has 1 amide bonds. The molecule has 2 N–H and O–H groups in total. The average molecular weight is 390 g/mol. The van der Waals surface area contributed by atoms with Gasteiger partial charge in [0.25, 0.3) is 5.91 Å². The highest BCUT2D eigenvalue weighted by molar-refractivity contribution is 6.30. The number of carbonyl (C=O) groups excluding carboxylic acids is 1. The summed E-state index contributed by atoms with van der Waals surface area (Å²) < 4.78 is 26.3. The van der Waals surface area contributed by atoms with Crippen molar-refractivity contribution in [3.63, 3.8) is 0 Å². The van der Waals surface area contributed by atoms with Gasteiger partial charge >= 0.3 is 0 Å². The highest BCUT2D eigenvalue weighted by Crippen LogP contribution is 2.28. The highest BCUT2D eigenvalue weighted by Gasteiger charge is 2.33. The second-order valence-corrected chi connectivity index (χ2v) is 7.12. The Bertz CT molecular complexity index is 922. The summed E-state index contributed by atoms with van der Waals surface area (Å²) in [5.74, 6) is 3.23. The molecular formula is C21H18ClF2NO2. The average Bonchev–Trinajstić information content (AvgIpc) is 2.62. The van der Waals surface area contributed by atoms with Gasteiger partial charge in [-0.25, -0.2) is 8.78 Å². The molecule has 1 aliphatic rings. The molecule has 2 aromatic rings. The van der Waals surface area contributed by atoms with Gasteiger partial charge in [0.15, 0.2) is 11.6 Å². The number of aliphatic hydroxyl groups is 1. The second-order valence-electron chi connectivity index (χ2n) is 6.69. The smallest absolute Gasteiger partial charge is 0.251 e. The molecule has 3 nitrogen and oxygen atoms in total. The van der Waals surface area contributed by atoms with E-state index in [9.17, 15) is 18.7 Å². The summed E-state index contributed by atoms with van der Waals surface area (Å²) in [4.78, 5) is 12.3. The van der Waals surface area contributed by atoms with Crippen molar-refractivity contribution in [1.29, 1.82) is 0 Å². The Kier molecular flexibility index (Phi) is 5.79. The zero-order valence-corrected chi connectivity index (χ0v) is 15.2. The maximum Gasteiger partial charge on any atom is 0.251 e. The maximum atomic E-state index is 13.3. The third-order valence-corrected chi connectivity index (χ3v) is 4.74. The molecular weight excluding hydrogens is 372 g/mol. The summed E-state index contributed by atoms with van der Waals surface area (Å²) in [7, 11) is 0. The van der Waals surface area contributed by atoms with Crippen LogP contribution < -0.4 is 5.32 Å². The lowest BCUT2D eigenvalue weighted by molar-refractivity contribution is 0.0452. The van der Waals surface area contributed by atoms with Gasteiger partial charge in [-0.05, 0) is 55.7 Å². The molecule has 1 fully saturated rings. The van der Waals surface area contributed by atoms with Crippen LogP contribution in [0.1, 0.15) is 41.6 Å². The van der Waals surface area contributed by atoms with E-state index in [1.165, 1.54) is 6.07 Å². The number of nitrogens with one attached hydrogen (secondary N) is 1. The van der Waals surface area contributed by atoms with Crippen LogP contribution in [0.25, 0.3) is 0 Å². The Morgan fingerprint density at radius 2 is 2.04 bits per heavy atom. The first kappa shape index (κ1) is 19.3. The summed E-state index contributed by atoms with van der Waals surface area (Å²) in [6.07, 6.45) is 2.12. The van der Waals surface area contributed by atoms with Crippen LogP contribution in [0.2, 0.25) is 5.02 Å². The number of carbonyl (C=O) groups is 1. The topological polar surface area (TPSA) is 49.3 Å². The van der Waals surface area contributed by atoms with E-state index in [-0.39, 0.29) is 18.0 Å². The van der Waals surface area contributed by atoms with Gasteiger partial charge in [-0.1, -0.05) is 29.5 Å². The lowest BCUT2D eigenvalue weighted by atomic mass is 9.82. The van der Waals surface area contributed by atoms with Crippen molar-refractivity contribution >= 4 is 17.5 Å². The number of hydrogen-bond donors (Lipinski definition) is 2. The first-order valence-corrected chi connectivity index (χ1v) is 8.99. The lowest BCUT2D eigenvalue weighted by Gasteiger charge is -2.33. The van der Waals surface area contributed by atoms with Crippen LogP contribution in [0.5, 0.6) is 0 Å². The SMILES string of the molecule is O=C(N[C@@H]1CCC[C@](O)(C#Cc2cccc(Cl)c2)C1)c1ccc(F)c(F)c1. The molecule has 0 bridgehead atoms. The molecule has 0 aromatic heterocycles. The molecule has 6 heteroatoms. The van der Waals surface area contributed by atoms with Gasteiger partial charge < -0.3 is 10.4 Å². The predicted octanol–water partition coefficient (Wildman–Crippen LogP) is 4.07. The van der Waals surface area contributed by atoms with Crippen LogP contribution in [0.15, 0.2) is 42.5 Å². The van der Waals surface area contributed by atoms with Crippen molar-refractivity contribution in [2.75, 3.05) is 0 Å². The quantitative estimate of drug-likeness (QED) is 0.760. The van der Waals surface area contributed by atoms with Crippen LogP contribution in [-0.2, 0) is 0 Å². The van der Waals surface area contributed by atoms with Crippen LogP contribution in [-0.4, -0.2) is 22.7 Å². The largest absolute Gasteiger partial charge is 0.378 e. The zero-order chi connectivity index (χ0) is 19.4. The molecule has 0 unspecified atom stereocenters. The van der Waals surface area contributed by atoms with Crippen molar-refractivity contribution in [2.45, 2.75) is 37.3 Å². The fraction of sp³-hybridized carbons (Fsp3) is 0.286. The number of hydrogen-bond acceptors (Lipinski definition) is 2. The Hall–Kier alpha value is -2.42. The molecule has 27 heavy (non-hydrogen) atoms. The minimum atomic E-state index is -1.23. The Labute approximate surface area is 161 Å². The standard InChI is InChI=1S/C21H18ClF2NO2/c22-16-4-1-3-14(11-16)8-10-21(27)9-2-5-17(13-21)25-20(26)15-6-7-18(23)19(24)12-15/h1,3-4,6-7,11-12,17,27H,2,5,9,13H2,(H,25,26)/t17-,21+/m1/s1. The van der Waals surface area contributed by atoms with Gasteiger partial charge in [0.2, 0.25) is 0 Å². The van der Waals surface area contributed by atoms with Crippen LogP contribution >= 0.6 is 11.6 Å². The van der Waals surface area contributed by atoms with Crippen molar-refractivity contribution < 1.29 is 18.7 Å². The molecule has 2 atom stereocenters. The van der Waals surface area contributed by atoms with E-state index in [4.69, 9.17) is 11.6 Å². The molecule has 3 rings (SSSR count). The molecule has 140 valence electrons. The zero-order valence-electron chi connectivity index (χ0n) is 14.4. The highest BCUT2D eigenvalue weighted by atomic mass is 35.5. The summed E-state index contributed by atoms with van der Waals surface area (Å²) in [5.41, 5.74) is -0.496. The second kappa shape index (κ2) is 8.08. The van der Waals surface area contributed by atoms with E-state index in [1.54, 1.807) is 24.3 Å². The third-order valence-electron chi connectivity index (χ3n) is 4.51.